The van der Waals surface area contributed by atoms with Crippen molar-refractivity contribution in [3.05, 3.63) is 28.2 Å². The molecule has 0 unspecified atom stereocenters. The molecule has 19 heavy (non-hydrogen) atoms. The van der Waals surface area contributed by atoms with Gasteiger partial charge in [0.2, 0.25) is 5.91 Å². The third-order valence-corrected chi connectivity index (χ3v) is 4.30. The van der Waals surface area contributed by atoms with Crippen molar-refractivity contribution in [3.63, 3.8) is 0 Å². The Balaban J connectivity index is 2.23. The SMILES string of the molecule is CCN(C(=O)C1CCNCC1)c1cccc(Cl)c1Cl. The molecule has 1 N–H and O–H groups in total. The highest BCUT2D eigenvalue weighted by Gasteiger charge is 2.27. The molecule has 5 heteroatoms. The van der Waals surface area contributed by atoms with Crippen molar-refractivity contribution in [2.24, 2.45) is 5.92 Å². The Morgan fingerprint density at radius 3 is 2.68 bits per heavy atom. The van der Waals surface area contributed by atoms with Crippen LogP contribution < -0.4 is 10.2 Å². The van der Waals surface area contributed by atoms with Gasteiger partial charge in [0.25, 0.3) is 0 Å². The molecule has 0 spiro atoms. The van der Waals surface area contributed by atoms with Crippen LogP contribution in [0.15, 0.2) is 18.2 Å². The largest absolute Gasteiger partial charge is 0.317 e. The monoisotopic (exact) mass is 300 g/mol. The third kappa shape index (κ3) is 3.22. The third-order valence-electron chi connectivity index (χ3n) is 3.49. The molecule has 0 bridgehead atoms. The van der Waals surface area contributed by atoms with Crippen LogP contribution >= 0.6 is 23.2 Å². The number of carbonyl (C=O) groups is 1. The van der Waals surface area contributed by atoms with Crippen LogP contribution in [-0.4, -0.2) is 25.5 Å². The standard InChI is InChI=1S/C14H18Cl2N2O/c1-2-18(12-5-3-4-11(15)13(12)16)14(19)10-6-8-17-9-7-10/h3-5,10,17H,2,6-9H2,1H3. The number of hydrogen-bond acceptors (Lipinski definition) is 2. The minimum absolute atomic E-state index is 0.0799. The predicted octanol–water partition coefficient (Wildman–Crippen LogP) is 3.35. The molecule has 0 aliphatic carbocycles. The fraction of sp³-hybridized carbons (Fsp3) is 0.500. The first-order chi connectivity index (χ1) is 9.15. The smallest absolute Gasteiger partial charge is 0.230 e. The van der Waals surface area contributed by atoms with Crippen LogP contribution in [0.25, 0.3) is 0 Å². The molecule has 0 radical (unpaired) electrons. The summed E-state index contributed by atoms with van der Waals surface area (Å²) in [5.74, 6) is 0.226. The number of anilines is 1. The van der Waals surface area contributed by atoms with Gasteiger partial charge in [-0.05, 0) is 45.0 Å². The Morgan fingerprint density at radius 1 is 1.37 bits per heavy atom. The summed E-state index contributed by atoms with van der Waals surface area (Å²) < 4.78 is 0. The van der Waals surface area contributed by atoms with E-state index in [4.69, 9.17) is 23.2 Å². The highest BCUT2D eigenvalue weighted by atomic mass is 35.5. The number of carbonyl (C=O) groups excluding carboxylic acids is 1. The summed E-state index contributed by atoms with van der Waals surface area (Å²) in [7, 11) is 0. The zero-order valence-electron chi connectivity index (χ0n) is 11.0. The van der Waals surface area contributed by atoms with Crippen molar-refractivity contribution in [2.75, 3.05) is 24.5 Å². The summed E-state index contributed by atoms with van der Waals surface area (Å²) >= 11 is 12.2. The van der Waals surface area contributed by atoms with Crippen molar-refractivity contribution < 1.29 is 4.79 Å². The van der Waals surface area contributed by atoms with E-state index in [1.165, 1.54) is 0 Å². The van der Waals surface area contributed by atoms with Crippen molar-refractivity contribution in [3.8, 4) is 0 Å². The maximum Gasteiger partial charge on any atom is 0.230 e. The van der Waals surface area contributed by atoms with Gasteiger partial charge in [0.15, 0.2) is 0 Å². The lowest BCUT2D eigenvalue weighted by Gasteiger charge is -2.29. The second-order valence-corrected chi connectivity index (χ2v) is 5.46. The Hall–Kier alpha value is -0.770. The van der Waals surface area contributed by atoms with E-state index in [-0.39, 0.29) is 11.8 Å². The zero-order valence-corrected chi connectivity index (χ0v) is 12.5. The van der Waals surface area contributed by atoms with Gasteiger partial charge in [-0.15, -0.1) is 0 Å². The number of amides is 1. The van der Waals surface area contributed by atoms with Crippen LogP contribution in [0.1, 0.15) is 19.8 Å². The van der Waals surface area contributed by atoms with E-state index in [0.717, 1.165) is 25.9 Å². The Morgan fingerprint density at radius 2 is 2.05 bits per heavy atom. The van der Waals surface area contributed by atoms with Gasteiger partial charge in [-0.2, -0.15) is 0 Å². The summed E-state index contributed by atoms with van der Waals surface area (Å²) in [4.78, 5) is 14.3. The first-order valence-corrected chi connectivity index (χ1v) is 7.36. The molecule has 1 saturated heterocycles. The maximum atomic E-state index is 12.6. The van der Waals surface area contributed by atoms with E-state index in [2.05, 4.69) is 5.32 Å². The summed E-state index contributed by atoms with van der Waals surface area (Å²) in [5, 5.41) is 4.20. The van der Waals surface area contributed by atoms with E-state index >= 15 is 0 Å². The second kappa shape index (κ2) is 6.60. The normalized spacial score (nSPS) is 16.4. The number of rotatable bonds is 3. The van der Waals surface area contributed by atoms with E-state index in [0.29, 0.717) is 22.3 Å². The fourth-order valence-corrected chi connectivity index (χ4v) is 2.83. The highest BCUT2D eigenvalue weighted by Crippen LogP contribution is 2.33. The molecular weight excluding hydrogens is 283 g/mol. The van der Waals surface area contributed by atoms with E-state index in [9.17, 15) is 4.79 Å². The summed E-state index contributed by atoms with van der Waals surface area (Å²) in [6.45, 7) is 4.35. The van der Waals surface area contributed by atoms with Gasteiger partial charge in [-0.25, -0.2) is 0 Å². The lowest BCUT2D eigenvalue weighted by molar-refractivity contribution is -0.123. The number of piperidine rings is 1. The molecular formula is C14H18Cl2N2O. The van der Waals surface area contributed by atoms with Crippen LogP contribution in [0, 0.1) is 5.92 Å². The molecule has 104 valence electrons. The number of nitrogens with one attached hydrogen (secondary N) is 1. The highest BCUT2D eigenvalue weighted by molar-refractivity contribution is 6.44. The predicted molar refractivity (Wildman–Crippen MR) is 80.1 cm³/mol. The van der Waals surface area contributed by atoms with Gasteiger partial charge >= 0.3 is 0 Å². The van der Waals surface area contributed by atoms with Crippen molar-refractivity contribution in [1.29, 1.82) is 0 Å². The minimum atomic E-state index is 0.0799. The van der Waals surface area contributed by atoms with Crippen LogP contribution in [0.2, 0.25) is 10.0 Å². The summed E-state index contributed by atoms with van der Waals surface area (Å²) in [5.41, 5.74) is 0.709. The van der Waals surface area contributed by atoms with Gasteiger partial charge in [0.1, 0.15) is 0 Å². The molecule has 1 amide bonds. The maximum absolute atomic E-state index is 12.6. The van der Waals surface area contributed by atoms with Gasteiger partial charge in [-0.1, -0.05) is 29.3 Å². The quantitative estimate of drug-likeness (QED) is 0.928. The number of benzene rings is 1. The molecule has 1 aliphatic rings. The molecule has 1 aromatic rings. The van der Waals surface area contributed by atoms with Gasteiger partial charge < -0.3 is 10.2 Å². The summed E-state index contributed by atoms with van der Waals surface area (Å²) in [6.07, 6.45) is 1.76. The first kappa shape index (κ1) is 14.6. The van der Waals surface area contributed by atoms with Gasteiger partial charge in [-0.3, -0.25) is 4.79 Å². The van der Waals surface area contributed by atoms with Gasteiger partial charge in [0.05, 0.1) is 15.7 Å². The Bertz CT molecular complexity index is 459. The average molecular weight is 301 g/mol. The molecule has 2 rings (SSSR count). The molecule has 1 fully saturated rings. The van der Waals surface area contributed by atoms with E-state index in [1.54, 1.807) is 11.0 Å². The van der Waals surface area contributed by atoms with Crippen LogP contribution in [0.5, 0.6) is 0 Å². The topological polar surface area (TPSA) is 32.3 Å². The zero-order chi connectivity index (χ0) is 13.8. The van der Waals surface area contributed by atoms with Crippen molar-refractivity contribution in [1.82, 2.24) is 5.32 Å². The first-order valence-electron chi connectivity index (χ1n) is 6.61. The van der Waals surface area contributed by atoms with Crippen LogP contribution in [-0.2, 0) is 4.79 Å². The van der Waals surface area contributed by atoms with Gasteiger partial charge in [0, 0.05) is 12.5 Å². The molecule has 0 atom stereocenters. The van der Waals surface area contributed by atoms with Crippen molar-refractivity contribution >= 4 is 34.8 Å². The minimum Gasteiger partial charge on any atom is -0.317 e. The fourth-order valence-electron chi connectivity index (χ4n) is 2.44. The Labute approximate surface area is 123 Å². The number of hydrogen-bond donors (Lipinski definition) is 1. The van der Waals surface area contributed by atoms with Crippen LogP contribution in [0.4, 0.5) is 5.69 Å². The molecule has 0 aromatic heterocycles. The van der Waals surface area contributed by atoms with Crippen LogP contribution in [0.3, 0.4) is 0 Å². The number of halogens is 2. The Kier molecular flexibility index (Phi) is 5.08. The average Bonchev–Trinajstić information content (AvgIpc) is 2.45. The van der Waals surface area contributed by atoms with E-state index < -0.39 is 0 Å². The van der Waals surface area contributed by atoms with E-state index in [1.807, 2.05) is 19.1 Å². The molecule has 0 saturated carbocycles. The molecule has 1 heterocycles. The molecule has 1 aromatic carbocycles. The second-order valence-electron chi connectivity index (χ2n) is 4.68. The van der Waals surface area contributed by atoms with Crippen molar-refractivity contribution in [2.45, 2.75) is 19.8 Å². The molecule has 1 aliphatic heterocycles. The lowest BCUT2D eigenvalue weighted by atomic mass is 9.96. The molecule has 3 nitrogen and oxygen atoms in total. The summed E-state index contributed by atoms with van der Waals surface area (Å²) in [6, 6.07) is 5.40. The lowest BCUT2D eigenvalue weighted by Crippen LogP contribution is -2.41. The number of nitrogens with zero attached hydrogens (tertiary/aromatic N) is 1.